The van der Waals surface area contributed by atoms with Crippen molar-refractivity contribution >= 4 is 13.5 Å². The molecule has 0 saturated carbocycles. The molecule has 0 aliphatic rings. The quantitative estimate of drug-likeness (QED) is 0.522. The number of rotatable bonds is 0. The van der Waals surface area contributed by atoms with Crippen molar-refractivity contribution in [2.75, 3.05) is 0 Å². The van der Waals surface area contributed by atoms with Gasteiger partial charge in [-0.2, -0.15) is 13.5 Å². The molecule has 0 aliphatic carbocycles. The van der Waals surface area contributed by atoms with Crippen LogP contribution < -0.4 is 0 Å². The first-order chi connectivity index (χ1) is 3.39. The molecule has 0 amide bonds. The summed E-state index contributed by atoms with van der Waals surface area (Å²) in [5.74, 6) is 0. The smallest absolute Gasteiger partial charge is 0.0398 e. The fourth-order valence-electron chi connectivity index (χ4n) is 0.534. The van der Waals surface area contributed by atoms with Gasteiger partial charge in [0.1, 0.15) is 0 Å². The Morgan fingerprint density at radius 2 is 1.44 bits per heavy atom. The molecule has 1 aromatic rings. The van der Waals surface area contributed by atoms with E-state index in [0.29, 0.717) is 0 Å². The second-order valence-electron chi connectivity index (χ2n) is 1.65. The lowest BCUT2D eigenvalue weighted by atomic mass is 10.2. The normalized spacial score (nSPS) is 6.78. The molecule has 0 aliphatic heterocycles. The monoisotopic (exact) mass is 142 g/mol. The lowest BCUT2D eigenvalue weighted by molar-refractivity contribution is 1.48. The minimum absolute atomic E-state index is 0. The molecule has 1 aromatic carbocycles. The van der Waals surface area contributed by atoms with E-state index in [0.717, 1.165) is 0 Å². The van der Waals surface area contributed by atoms with E-state index >= 15 is 0 Å². The molecule has 0 saturated heterocycles. The average molecular weight is 142 g/mol. The SMILES string of the molecule is C.Cc1ccccc1.S. The maximum Gasteiger partial charge on any atom is -0.0398 e. The predicted molar refractivity (Wildman–Crippen MR) is 48.3 cm³/mol. The van der Waals surface area contributed by atoms with Crippen molar-refractivity contribution in [3.63, 3.8) is 0 Å². The van der Waals surface area contributed by atoms with Crippen LogP contribution in [0.2, 0.25) is 0 Å². The van der Waals surface area contributed by atoms with E-state index in [2.05, 4.69) is 19.1 Å². The van der Waals surface area contributed by atoms with Crippen LogP contribution in [0.4, 0.5) is 0 Å². The highest BCUT2D eigenvalue weighted by Gasteiger charge is 1.72. The Balaban J connectivity index is 0. The van der Waals surface area contributed by atoms with E-state index in [-0.39, 0.29) is 20.9 Å². The third kappa shape index (κ3) is 4.10. The topological polar surface area (TPSA) is 0 Å². The van der Waals surface area contributed by atoms with Crippen LogP contribution in [0, 0.1) is 6.92 Å². The summed E-state index contributed by atoms with van der Waals surface area (Å²) >= 11 is 0. The highest BCUT2D eigenvalue weighted by molar-refractivity contribution is 7.59. The lowest BCUT2D eigenvalue weighted by Crippen LogP contribution is -1.62. The largest absolute Gasteiger partial charge is 0.197 e. The minimum atomic E-state index is 0. The fraction of sp³-hybridized carbons (Fsp3) is 0.250. The molecule has 52 valence electrons. The van der Waals surface area contributed by atoms with Crippen molar-refractivity contribution in [1.82, 2.24) is 0 Å². The number of hydrogen-bond acceptors (Lipinski definition) is 0. The third-order valence-corrected chi connectivity index (χ3v) is 0.940. The van der Waals surface area contributed by atoms with Crippen LogP contribution in [0.3, 0.4) is 0 Å². The first-order valence-electron chi connectivity index (χ1n) is 2.41. The molecule has 0 N–H and O–H groups in total. The van der Waals surface area contributed by atoms with Gasteiger partial charge in [0.15, 0.2) is 0 Å². The van der Waals surface area contributed by atoms with Crippen molar-refractivity contribution in [2.24, 2.45) is 0 Å². The molecule has 0 bridgehead atoms. The Hall–Kier alpha value is -0.430. The zero-order valence-corrected chi connectivity index (χ0v) is 5.89. The summed E-state index contributed by atoms with van der Waals surface area (Å²) in [6.45, 7) is 2.08. The van der Waals surface area contributed by atoms with Gasteiger partial charge in [0.2, 0.25) is 0 Å². The lowest BCUT2D eigenvalue weighted by Gasteiger charge is -1.82. The van der Waals surface area contributed by atoms with Gasteiger partial charge < -0.3 is 0 Å². The van der Waals surface area contributed by atoms with E-state index in [1.54, 1.807) is 0 Å². The maximum absolute atomic E-state index is 2.08. The third-order valence-electron chi connectivity index (χ3n) is 0.940. The van der Waals surface area contributed by atoms with Gasteiger partial charge >= 0.3 is 0 Å². The molecule has 0 atom stereocenters. The molecule has 1 rings (SSSR count). The zero-order chi connectivity index (χ0) is 5.11. The Morgan fingerprint density at radius 3 is 1.67 bits per heavy atom. The highest BCUT2D eigenvalue weighted by atomic mass is 32.1. The van der Waals surface area contributed by atoms with Crippen LogP contribution in [0.5, 0.6) is 0 Å². The standard InChI is InChI=1S/C7H8.CH4.H2S/c1-7-5-3-2-4-6-7;;/h2-6H,1H3;1H4;1H2. The van der Waals surface area contributed by atoms with Crippen molar-refractivity contribution in [3.05, 3.63) is 35.9 Å². The van der Waals surface area contributed by atoms with Crippen LogP contribution in [-0.4, -0.2) is 0 Å². The second kappa shape index (κ2) is 5.70. The van der Waals surface area contributed by atoms with Crippen LogP contribution in [-0.2, 0) is 0 Å². The van der Waals surface area contributed by atoms with Crippen LogP contribution in [0.15, 0.2) is 30.3 Å². The van der Waals surface area contributed by atoms with Gasteiger partial charge in [-0.15, -0.1) is 0 Å². The molecule has 0 radical (unpaired) electrons. The summed E-state index contributed by atoms with van der Waals surface area (Å²) in [5, 5.41) is 0. The van der Waals surface area contributed by atoms with Gasteiger partial charge in [0.25, 0.3) is 0 Å². The fourth-order valence-corrected chi connectivity index (χ4v) is 0.534. The number of aryl methyl sites for hydroxylation is 1. The van der Waals surface area contributed by atoms with Crippen molar-refractivity contribution in [3.8, 4) is 0 Å². The van der Waals surface area contributed by atoms with Crippen molar-refractivity contribution < 1.29 is 0 Å². The summed E-state index contributed by atoms with van der Waals surface area (Å²) in [6, 6.07) is 10.3. The number of benzene rings is 1. The molecule has 0 fully saturated rings. The summed E-state index contributed by atoms with van der Waals surface area (Å²) in [6.07, 6.45) is 0. The maximum atomic E-state index is 2.08. The van der Waals surface area contributed by atoms with Crippen LogP contribution in [0.1, 0.15) is 13.0 Å². The second-order valence-corrected chi connectivity index (χ2v) is 1.65. The molecule has 0 unspecified atom stereocenters. The van der Waals surface area contributed by atoms with Gasteiger partial charge in [-0.25, -0.2) is 0 Å². The van der Waals surface area contributed by atoms with E-state index < -0.39 is 0 Å². The Morgan fingerprint density at radius 1 is 1.00 bits per heavy atom. The van der Waals surface area contributed by atoms with Gasteiger partial charge in [0, 0.05) is 0 Å². The zero-order valence-electron chi connectivity index (χ0n) is 4.89. The summed E-state index contributed by atoms with van der Waals surface area (Å²) < 4.78 is 0. The average Bonchev–Trinajstić information content (AvgIpc) is 1.69. The van der Waals surface area contributed by atoms with Crippen LogP contribution in [0.25, 0.3) is 0 Å². The molecule has 0 nitrogen and oxygen atoms in total. The summed E-state index contributed by atoms with van der Waals surface area (Å²) in [4.78, 5) is 0. The minimum Gasteiger partial charge on any atom is -0.197 e. The summed E-state index contributed by atoms with van der Waals surface area (Å²) in [5.41, 5.74) is 1.32. The number of hydrogen-bond donors (Lipinski definition) is 0. The highest BCUT2D eigenvalue weighted by Crippen LogP contribution is 1.92. The Kier molecular flexibility index (Phi) is 7.21. The van der Waals surface area contributed by atoms with Gasteiger partial charge in [-0.1, -0.05) is 43.3 Å². The van der Waals surface area contributed by atoms with Crippen molar-refractivity contribution in [2.45, 2.75) is 14.4 Å². The van der Waals surface area contributed by atoms with E-state index in [1.807, 2.05) is 18.2 Å². The molecule has 0 heterocycles. The Labute approximate surface area is 64.4 Å². The van der Waals surface area contributed by atoms with Gasteiger partial charge in [-0.05, 0) is 6.92 Å². The molecule has 0 aromatic heterocycles. The van der Waals surface area contributed by atoms with E-state index in [4.69, 9.17) is 0 Å². The molecular weight excluding hydrogens is 128 g/mol. The summed E-state index contributed by atoms with van der Waals surface area (Å²) in [7, 11) is 0. The van der Waals surface area contributed by atoms with Crippen LogP contribution >= 0.6 is 13.5 Å². The van der Waals surface area contributed by atoms with Crippen molar-refractivity contribution in [1.29, 1.82) is 0 Å². The molecular formula is C8H14S. The first-order valence-corrected chi connectivity index (χ1v) is 2.41. The van der Waals surface area contributed by atoms with E-state index in [1.165, 1.54) is 5.56 Å². The van der Waals surface area contributed by atoms with Gasteiger partial charge in [0.05, 0.1) is 0 Å². The predicted octanol–water partition coefficient (Wildman–Crippen LogP) is 2.74. The molecule has 1 heteroatoms. The molecule has 9 heavy (non-hydrogen) atoms. The Bertz CT molecular complexity index is 134. The van der Waals surface area contributed by atoms with E-state index in [9.17, 15) is 0 Å². The first kappa shape index (κ1) is 11.4. The van der Waals surface area contributed by atoms with Gasteiger partial charge in [-0.3, -0.25) is 0 Å². The molecule has 0 spiro atoms.